The van der Waals surface area contributed by atoms with E-state index in [9.17, 15) is 8.42 Å². The third-order valence-electron chi connectivity index (χ3n) is 5.34. The predicted molar refractivity (Wildman–Crippen MR) is 110 cm³/mol. The van der Waals surface area contributed by atoms with Gasteiger partial charge in [-0.3, -0.25) is 4.72 Å². The van der Waals surface area contributed by atoms with Crippen molar-refractivity contribution in [2.24, 2.45) is 5.92 Å². The van der Waals surface area contributed by atoms with Gasteiger partial charge < -0.3 is 9.64 Å². The number of sulfonamides is 1. The smallest absolute Gasteiger partial charge is 0.265 e. The highest BCUT2D eigenvalue weighted by Crippen LogP contribution is 2.30. The molecule has 1 aliphatic heterocycles. The fourth-order valence-corrected chi connectivity index (χ4v) is 4.65. The van der Waals surface area contributed by atoms with Crippen molar-refractivity contribution in [1.29, 1.82) is 0 Å². The number of hydrogen-bond donors (Lipinski definition) is 1. The molecule has 0 radical (unpaired) electrons. The van der Waals surface area contributed by atoms with Crippen LogP contribution >= 0.6 is 0 Å². The molecular weight excluding hydrogens is 360 g/mol. The van der Waals surface area contributed by atoms with Crippen molar-refractivity contribution in [3.05, 3.63) is 47.5 Å². The maximum absolute atomic E-state index is 12.9. The number of benzene rings is 2. The number of nitrogens with zero attached hydrogens (tertiary/aromatic N) is 1. The van der Waals surface area contributed by atoms with E-state index < -0.39 is 10.0 Å². The van der Waals surface area contributed by atoms with Crippen molar-refractivity contribution in [3.63, 3.8) is 0 Å². The van der Waals surface area contributed by atoms with Crippen LogP contribution in [-0.2, 0) is 10.0 Å². The summed E-state index contributed by atoms with van der Waals surface area (Å²) in [6.45, 7) is 8.21. The van der Waals surface area contributed by atoms with E-state index in [1.165, 1.54) is 20.0 Å². The lowest BCUT2D eigenvalue weighted by atomic mass is 9.99. The van der Waals surface area contributed by atoms with Crippen LogP contribution in [0.25, 0.3) is 0 Å². The van der Waals surface area contributed by atoms with Crippen LogP contribution in [-0.4, -0.2) is 28.6 Å². The van der Waals surface area contributed by atoms with Crippen molar-refractivity contribution in [2.75, 3.05) is 29.8 Å². The Labute approximate surface area is 162 Å². The number of aryl methyl sites for hydroxylation is 2. The van der Waals surface area contributed by atoms with Crippen LogP contribution in [0, 0.1) is 19.8 Å². The number of hydrogen-bond acceptors (Lipinski definition) is 4. The lowest BCUT2D eigenvalue weighted by molar-refractivity contribution is 0.402. The molecule has 2 aromatic carbocycles. The van der Waals surface area contributed by atoms with Crippen molar-refractivity contribution >= 4 is 21.4 Å². The molecule has 1 aliphatic rings. The van der Waals surface area contributed by atoms with E-state index in [0.29, 0.717) is 11.4 Å². The van der Waals surface area contributed by atoms with Gasteiger partial charge in [-0.15, -0.1) is 0 Å². The molecule has 2 aromatic rings. The van der Waals surface area contributed by atoms with Crippen molar-refractivity contribution < 1.29 is 13.2 Å². The zero-order chi connectivity index (χ0) is 19.6. The summed E-state index contributed by atoms with van der Waals surface area (Å²) in [6.07, 6.45) is 2.39. The predicted octanol–water partition coefficient (Wildman–Crippen LogP) is 4.35. The van der Waals surface area contributed by atoms with E-state index >= 15 is 0 Å². The summed E-state index contributed by atoms with van der Waals surface area (Å²) in [5.74, 6) is 1.13. The van der Waals surface area contributed by atoms with Crippen LogP contribution in [0.1, 0.15) is 30.9 Å². The highest BCUT2D eigenvalue weighted by atomic mass is 32.2. The first kappa shape index (κ1) is 19.5. The average Bonchev–Trinajstić information content (AvgIpc) is 2.64. The minimum Gasteiger partial charge on any atom is -0.495 e. The lowest BCUT2D eigenvalue weighted by Crippen LogP contribution is -2.32. The van der Waals surface area contributed by atoms with Gasteiger partial charge in [0, 0.05) is 24.5 Å². The molecule has 0 aromatic heterocycles. The van der Waals surface area contributed by atoms with Gasteiger partial charge in [-0.2, -0.15) is 0 Å². The molecule has 1 heterocycles. The molecule has 146 valence electrons. The molecule has 0 aliphatic carbocycles. The van der Waals surface area contributed by atoms with Gasteiger partial charge in [-0.1, -0.05) is 6.92 Å². The minimum atomic E-state index is -3.73. The highest BCUT2D eigenvalue weighted by Gasteiger charge is 2.21. The van der Waals surface area contributed by atoms with Crippen LogP contribution in [0.15, 0.2) is 41.3 Å². The molecular formula is C21H28N2O3S. The third kappa shape index (κ3) is 4.38. The van der Waals surface area contributed by atoms with Gasteiger partial charge in [0.25, 0.3) is 10.0 Å². The molecule has 0 bridgehead atoms. The van der Waals surface area contributed by atoms with E-state index in [1.54, 1.807) is 12.1 Å². The van der Waals surface area contributed by atoms with E-state index in [4.69, 9.17) is 4.74 Å². The van der Waals surface area contributed by atoms with Gasteiger partial charge in [0.2, 0.25) is 0 Å². The Hall–Kier alpha value is -2.21. The largest absolute Gasteiger partial charge is 0.495 e. The third-order valence-corrected chi connectivity index (χ3v) is 6.74. The average molecular weight is 389 g/mol. The summed E-state index contributed by atoms with van der Waals surface area (Å²) in [4.78, 5) is 2.51. The minimum absolute atomic E-state index is 0.155. The maximum Gasteiger partial charge on any atom is 0.265 e. The quantitative estimate of drug-likeness (QED) is 0.827. The number of ether oxygens (including phenoxy) is 1. The Morgan fingerprint density at radius 2 is 1.63 bits per heavy atom. The fourth-order valence-electron chi connectivity index (χ4n) is 3.35. The number of piperidine rings is 1. The molecule has 27 heavy (non-hydrogen) atoms. The maximum atomic E-state index is 12.9. The van der Waals surface area contributed by atoms with Crippen molar-refractivity contribution in [2.45, 2.75) is 38.5 Å². The lowest BCUT2D eigenvalue weighted by Gasteiger charge is -2.32. The summed E-state index contributed by atoms with van der Waals surface area (Å²) in [5.41, 5.74) is 3.58. The monoisotopic (exact) mass is 388 g/mol. The molecule has 0 atom stereocenters. The van der Waals surface area contributed by atoms with E-state index in [2.05, 4.69) is 16.5 Å². The zero-order valence-corrected chi connectivity index (χ0v) is 17.3. The number of methoxy groups -OCH3 is 1. The van der Waals surface area contributed by atoms with Crippen LogP contribution < -0.4 is 14.4 Å². The van der Waals surface area contributed by atoms with Gasteiger partial charge in [0.05, 0.1) is 7.11 Å². The van der Waals surface area contributed by atoms with Crippen LogP contribution in [0.3, 0.4) is 0 Å². The van der Waals surface area contributed by atoms with Crippen molar-refractivity contribution in [1.82, 2.24) is 0 Å². The number of nitrogens with one attached hydrogen (secondary N) is 1. The molecule has 0 amide bonds. The first-order valence-corrected chi connectivity index (χ1v) is 10.8. The second-order valence-electron chi connectivity index (χ2n) is 7.41. The molecule has 0 spiro atoms. The zero-order valence-electron chi connectivity index (χ0n) is 16.5. The SMILES string of the molecule is COc1cc(C)c(C)cc1S(=O)(=O)Nc1ccc(N2CCC(C)CC2)cc1. The number of rotatable bonds is 5. The Balaban J connectivity index is 1.79. The molecule has 0 unspecified atom stereocenters. The Morgan fingerprint density at radius 1 is 1.04 bits per heavy atom. The van der Waals surface area contributed by atoms with Gasteiger partial charge in [-0.25, -0.2) is 8.42 Å². The molecule has 5 nitrogen and oxygen atoms in total. The molecule has 1 saturated heterocycles. The number of anilines is 2. The molecule has 6 heteroatoms. The normalized spacial score (nSPS) is 15.6. The summed E-state index contributed by atoms with van der Waals surface area (Å²) >= 11 is 0. The molecule has 1 fully saturated rings. The van der Waals surface area contributed by atoms with Crippen LogP contribution in [0.2, 0.25) is 0 Å². The van der Waals surface area contributed by atoms with E-state index in [0.717, 1.165) is 35.8 Å². The topological polar surface area (TPSA) is 58.6 Å². The summed E-state index contributed by atoms with van der Waals surface area (Å²) in [5, 5.41) is 0. The second kappa shape index (κ2) is 7.80. The standard InChI is InChI=1S/C21H28N2O3S/c1-15-9-11-23(12-10-15)19-7-5-18(6-8-19)22-27(24,25)21-14-17(3)16(2)13-20(21)26-4/h5-8,13-15,22H,9-12H2,1-4H3. The second-order valence-corrected chi connectivity index (χ2v) is 9.06. The Bertz CT molecular complexity index is 900. The van der Waals surface area contributed by atoms with Crippen LogP contribution in [0.4, 0.5) is 11.4 Å². The Morgan fingerprint density at radius 3 is 2.22 bits per heavy atom. The summed E-state index contributed by atoms with van der Waals surface area (Å²) in [7, 11) is -2.25. The first-order chi connectivity index (χ1) is 12.8. The van der Waals surface area contributed by atoms with Gasteiger partial charge >= 0.3 is 0 Å². The Kier molecular flexibility index (Phi) is 5.65. The van der Waals surface area contributed by atoms with Crippen LogP contribution in [0.5, 0.6) is 5.75 Å². The summed E-state index contributed by atoms with van der Waals surface area (Å²) in [6, 6.07) is 11.0. The molecule has 0 saturated carbocycles. The van der Waals surface area contributed by atoms with E-state index in [1.807, 2.05) is 38.1 Å². The van der Waals surface area contributed by atoms with Gasteiger partial charge in [0.1, 0.15) is 10.6 Å². The summed E-state index contributed by atoms with van der Waals surface area (Å²) < 4.78 is 33.7. The molecule has 3 rings (SSSR count). The van der Waals surface area contributed by atoms with Gasteiger partial charge in [-0.05, 0) is 80.1 Å². The first-order valence-electron chi connectivity index (χ1n) is 9.33. The van der Waals surface area contributed by atoms with Gasteiger partial charge in [0.15, 0.2) is 0 Å². The molecule has 1 N–H and O–H groups in total. The fraction of sp³-hybridized carbons (Fsp3) is 0.429. The van der Waals surface area contributed by atoms with Crippen molar-refractivity contribution in [3.8, 4) is 5.75 Å². The highest BCUT2D eigenvalue weighted by molar-refractivity contribution is 7.92. The van der Waals surface area contributed by atoms with E-state index in [-0.39, 0.29) is 4.90 Å².